The SMILES string of the molecule is Clc1cccc2c(CNC3CC3)c[nH]c12. The molecule has 2 nitrogen and oxygen atoms in total. The van der Waals surface area contributed by atoms with Crippen LogP contribution in [0.5, 0.6) is 0 Å². The van der Waals surface area contributed by atoms with Gasteiger partial charge >= 0.3 is 0 Å². The quantitative estimate of drug-likeness (QED) is 0.818. The number of halogens is 1. The Morgan fingerprint density at radius 1 is 1.40 bits per heavy atom. The van der Waals surface area contributed by atoms with Crippen LogP contribution < -0.4 is 5.32 Å². The molecule has 0 bridgehead atoms. The molecule has 1 aliphatic carbocycles. The second-order valence-electron chi connectivity index (χ2n) is 4.13. The lowest BCUT2D eigenvalue weighted by atomic mass is 10.2. The van der Waals surface area contributed by atoms with E-state index in [2.05, 4.69) is 16.4 Å². The minimum Gasteiger partial charge on any atom is -0.360 e. The first-order chi connectivity index (χ1) is 7.34. The fourth-order valence-corrected chi connectivity index (χ4v) is 2.09. The van der Waals surface area contributed by atoms with Crippen molar-refractivity contribution in [1.29, 1.82) is 0 Å². The van der Waals surface area contributed by atoms with Crippen molar-refractivity contribution in [2.24, 2.45) is 0 Å². The van der Waals surface area contributed by atoms with Gasteiger partial charge in [-0.1, -0.05) is 23.7 Å². The minimum atomic E-state index is 0.745. The number of rotatable bonds is 3. The number of fused-ring (bicyclic) bond motifs is 1. The van der Waals surface area contributed by atoms with Crippen LogP contribution in [0.4, 0.5) is 0 Å². The molecule has 1 saturated carbocycles. The normalized spacial score (nSPS) is 16.1. The van der Waals surface area contributed by atoms with Crippen molar-refractivity contribution in [3.63, 3.8) is 0 Å². The lowest BCUT2D eigenvalue weighted by Gasteiger charge is -2.01. The highest BCUT2D eigenvalue weighted by Gasteiger charge is 2.20. The molecule has 1 heterocycles. The van der Waals surface area contributed by atoms with Gasteiger partial charge in [0.15, 0.2) is 0 Å². The average molecular weight is 221 g/mol. The average Bonchev–Trinajstić information content (AvgIpc) is 2.97. The van der Waals surface area contributed by atoms with Crippen LogP contribution in [0, 0.1) is 0 Å². The van der Waals surface area contributed by atoms with E-state index in [1.165, 1.54) is 23.8 Å². The van der Waals surface area contributed by atoms with Crippen LogP contribution in [-0.4, -0.2) is 11.0 Å². The minimum absolute atomic E-state index is 0.745. The Balaban J connectivity index is 1.92. The number of hydrogen-bond acceptors (Lipinski definition) is 1. The summed E-state index contributed by atoms with van der Waals surface area (Å²) in [7, 11) is 0. The molecule has 3 heteroatoms. The summed E-state index contributed by atoms with van der Waals surface area (Å²) in [5.74, 6) is 0. The zero-order chi connectivity index (χ0) is 10.3. The maximum absolute atomic E-state index is 6.09. The lowest BCUT2D eigenvalue weighted by molar-refractivity contribution is 0.691. The maximum Gasteiger partial charge on any atom is 0.0647 e. The standard InChI is InChI=1S/C12H13ClN2/c13-11-3-1-2-10-8(7-15-12(10)11)6-14-9-4-5-9/h1-3,7,9,14-15H,4-6H2. The van der Waals surface area contributed by atoms with E-state index in [-0.39, 0.29) is 0 Å². The fourth-order valence-electron chi connectivity index (χ4n) is 1.86. The lowest BCUT2D eigenvalue weighted by Crippen LogP contribution is -2.14. The summed E-state index contributed by atoms with van der Waals surface area (Å²) < 4.78 is 0. The third-order valence-corrected chi connectivity index (χ3v) is 3.22. The molecular formula is C12H13ClN2. The third-order valence-electron chi connectivity index (χ3n) is 2.91. The first-order valence-corrected chi connectivity index (χ1v) is 5.70. The smallest absolute Gasteiger partial charge is 0.0647 e. The van der Waals surface area contributed by atoms with Gasteiger partial charge in [0.25, 0.3) is 0 Å². The van der Waals surface area contributed by atoms with E-state index in [1.54, 1.807) is 0 Å². The van der Waals surface area contributed by atoms with Gasteiger partial charge in [-0.2, -0.15) is 0 Å². The second-order valence-corrected chi connectivity index (χ2v) is 4.54. The van der Waals surface area contributed by atoms with Gasteiger partial charge in [0.1, 0.15) is 0 Å². The first-order valence-electron chi connectivity index (χ1n) is 5.32. The summed E-state index contributed by atoms with van der Waals surface area (Å²) in [4.78, 5) is 3.23. The molecule has 1 aliphatic rings. The maximum atomic E-state index is 6.09. The molecule has 0 atom stereocenters. The van der Waals surface area contributed by atoms with Crippen LogP contribution in [0.2, 0.25) is 5.02 Å². The summed E-state index contributed by atoms with van der Waals surface area (Å²) in [6, 6.07) is 6.77. The zero-order valence-electron chi connectivity index (χ0n) is 8.39. The summed E-state index contributed by atoms with van der Waals surface area (Å²) in [5, 5.41) is 5.54. The van der Waals surface area contributed by atoms with Gasteiger partial charge < -0.3 is 10.3 Å². The van der Waals surface area contributed by atoms with Crippen molar-refractivity contribution in [3.8, 4) is 0 Å². The van der Waals surface area contributed by atoms with Crippen LogP contribution in [0.1, 0.15) is 18.4 Å². The Morgan fingerprint density at radius 2 is 2.27 bits per heavy atom. The molecule has 0 radical (unpaired) electrons. The van der Waals surface area contributed by atoms with E-state index in [1.807, 2.05) is 18.3 Å². The molecule has 2 N–H and O–H groups in total. The number of benzene rings is 1. The van der Waals surface area contributed by atoms with Crippen LogP contribution in [0.3, 0.4) is 0 Å². The van der Waals surface area contributed by atoms with Gasteiger partial charge in [-0.15, -0.1) is 0 Å². The fraction of sp³-hybridized carbons (Fsp3) is 0.333. The van der Waals surface area contributed by atoms with E-state index in [4.69, 9.17) is 11.6 Å². The predicted molar refractivity (Wildman–Crippen MR) is 63.2 cm³/mol. The van der Waals surface area contributed by atoms with Crippen LogP contribution in [0.25, 0.3) is 10.9 Å². The number of aromatic amines is 1. The van der Waals surface area contributed by atoms with E-state index in [0.717, 1.165) is 23.1 Å². The van der Waals surface area contributed by atoms with Crippen molar-refractivity contribution in [1.82, 2.24) is 10.3 Å². The number of hydrogen-bond donors (Lipinski definition) is 2. The number of H-pyrrole nitrogens is 1. The first kappa shape index (κ1) is 9.25. The largest absolute Gasteiger partial charge is 0.360 e. The molecule has 1 aromatic heterocycles. The molecule has 1 fully saturated rings. The van der Waals surface area contributed by atoms with E-state index < -0.39 is 0 Å². The zero-order valence-corrected chi connectivity index (χ0v) is 9.14. The number of aromatic nitrogens is 1. The van der Waals surface area contributed by atoms with Gasteiger partial charge in [0, 0.05) is 24.2 Å². The topological polar surface area (TPSA) is 27.8 Å². The third kappa shape index (κ3) is 1.75. The number of nitrogens with one attached hydrogen (secondary N) is 2. The van der Waals surface area contributed by atoms with Crippen molar-refractivity contribution >= 4 is 22.5 Å². The van der Waals surface area contributed by atoms with Gasteiger partial charge in [-0.3, -0.25) is 0 Å². The Labute approximate surface area is 93.6 Å². The molecule has 0 aliphatic heterocycles. The van der Waals surface area contributed by atoms with Crippen molar-refractivity contribution in [2.45, 2.75) is 25.4 Å². The monoisotopic (exact) mass is 220 g/mol. The molecule has 0 unspecified atom stereocenters. The van der Waals surface area contributed by atoms with Crippen molar-refractivity contribution < 1.29 is 0 Å². The summed E-state index contributed by atoms with van der Waals surface area (Å²) in [6.07, 6.45) is 4.69. The van der Waals surface area contributed by atoms with E-state index in [0.29, 0.717) is 0 Å². The van der Waals surface area contributed by atoms with Gasteiger partial charge in [-0.25, -0.2) is 0 Å². The molecule has 0 amide bonds. The van der Waals surface area contributed by atoms with Crippen molar-refractivity contribution in [2.75, 3.05) is 0 Å². The molecule has 15 heavy (non-hydrogen) atoms. The molecule has 1 aromatic carbocycles. The van der Waals surface area contributed by atoms with E-state index >= 15 is 0 Å². The summed E-state index contributed by atoms with van der Waals surface area (Å²) >= 11 is 6.09. The van der Waals surface area contributed by atoms with Gasteiger partial charge in [0.2, 0.25) is 0 Å². The Kier molecular flexibility index (Phi) is 2.19. The highest BCUT2D eigenvalue weighted by molar-refractivity contribution is 6.35. The highest BCUT2D eigenvalue weighted by Crippen LogP contribution is 2.26. The molecular weight excluding hydrogens is 208 g/mol. The second kappa shape index (κ2) is 3.54. The summed E-state index contributed by atoms with van der Waals surface area (Å²) in [5.41, 5.74) is 2.35. The Morgan fingerprint density at radius 3 is 3.07 bits per heavy atom. The molecule has 78 valence electrons. The van der Waals surface area contributed by atoms with Gasteiger partial charge in [-0.05, 0) is 24.5 Å². The Hall–Kier alpha value is -0.990. The summed E-state index contributed by atoms with van der Waals surface area (Å²) in [6.45, 7) is 0.936. The van der Waals surface area contributed by atoms with Gasteiger partial charge in [0.05, 0.1) is 10.5 Å². The van der Waals surface area contributed by atoms with Crippen LogP contribution in [-0.2, 0) is 6.54 Å². The molecule has 0 saturated heterocycles. The number of para-hydroxylation sites is 1. The Bertz CT molecular complexity index is 485. The van der Waals surface area contributed by atoms with E-state index in [9.17, 15) is 0 Å². The highest BCUT2D eigenvalue weighted by atomic mass is 35.5. The predicted octanol–water partition coefficient (Wildman–Crippen LogP) is 3.07. The molecule has 3 rings (SSSR count). The van der Waals surface area contributed by atoms with Crippen molar-refractivity contribution in [3.05, 3.63) is 35.0 Å². The molecule has 0 spiro atoms. The van der Waals surface area contributed by atoms with Crippen LogP contribution >= 0.6 is 11.6 Å². The molecule has 2 aromatic rings. The van der Waals surface area contributed by atoms with Crippen LogP contribution in [0.15, 0.2) is 24.4 Å².